The minimum Gasteiger partial charge on any atom is -0.379 e. The summed E-state index contributed by atoms with van der Waals surface area (Å²) in [4.78, 5) is 0. The van der Waals surface area contributed by atoms with Crippen LogP contribution in [0.15, 0.2) is 6.07 Å². The lowest BCUT2D eigenvalue weighted by Crippen LogP contribution is -2.42. The van der Waals surface area contributed by atoms with Gasteiger partial charge in [-0.15, -0.1) is 0 Å². The van der Waals surface area contributed by atoms with E-state index in [4.69, 9.17) is 4.74 Å². The van der Waals surface area contributed by atoms with E-state index in [1.807, 2.05) is 14.0 Å². The maximum atomic E-state index is 5.53. The van der Waals surface area contributed by atoms with Crippen LogP contribution in [-0.2, 0) is 4.74 Å². The molecule has 15 heavy (non-hydrogen) atoms. The molecule has 1 N–H and O–H groups in total. The van der Waals surface area contributed by atoms with Gasteiger partial charge in [0.1, 0.15) is 0 Å². The highest BCUT2D eigenvalue weighted by atomic mass is 16.5. The Balaban J connectivity index is 2.23. The highest BCUT2D eigenvalue weighted by Crippen LogP contribution is 2.21. The van der Waals surface area contributed by atoms with E-state index in [0.717, 1.165) is 25.3 Å². The van der Waals surface area contributed by atoms with Crippen molar-refractivity contribution in [3.05, 3.63) is 17.5 Å². The Labute approximate surface area is 90.6 Å². The van der Waals surface area contributed by atoms with Gasteiger partial charge in [0.2, 0.25) is 0 Å². The number of nitrogens with zero attached hydrogens (tertiary/aromatic N) is 2. The van der Waals surface area contributed by atoms with Gasteiger partial charge in [0, 0.05) is 18.3 Å². The smallest absolute Gasteiger partial charge is 0.0908 e. The predicted molar refractivity (Wildman–Crippen MR) is 59.0 cm³/mol. The normalized spacial score (nSPS) is 26.9. The molecule has 84 valence electrons. The van der Waals surface area contributed by atoms with Gasteiger partial charge in [-0.1, -0.05) is 0 Å². The molecule has 4 heteroatoms. The Kier molecular flexibility index (Phi) is 3.07. The van der Waals surface area contributed by atoms with Crippen LogP contribution in [-0.4, -0.2) is 36.1 Å². The second-order valence-corrected chi connectivity index (χ2v) is 4.20. The van der Waals surface area contributed by atoms with Crippen LogP contribution in [0.5, 0.6) is 0 Å². The lowest BCUT2D eigenvalue weighted by molar-refractivity contribution is 0.0338. The first-order chi connectivity index (χ1) is 7.22. The number of aromatic nitrogens is 2. The third-order valence-electron chi connectivity index (χ3n) is 3.06. The summed E-state index contributed by atoms with van der Waals surface area (Å²) in [6.07, 6.45) is 1.06. The van der Waals surface area contributed by atoms with Gasteiger partial charge < -0.3 is 10.1 Å². The molecule has 4 nitrogen and oxygen atoms in total. The van der Waals surface area contributed by atoms with Gasteiger partial charge in [-0.2, -0.15) is 5.10 Å². The monoisotopic (exact) mass is 209 g/mol. The van der Waals surface area contributed by atoms with Crippen molar-refractivity contribution in [2.45, 2.75) is 32.4 Å². The topological polar surface area (TPSA) is 39.1 Å². The highest BCUT2D eigenvalue weighted by molar-refractivity contribution is 5.08. The molecule has 1 aliphatic rings. The van der Waals surface area contributed by atoms with Crippen LogP contribution in [0.3, 0.4) is 0 Å². The number of aryl methyl sites for hydroxylation is 2. The van der Waals surface area contributed by atoms with Gasteiger partial charge in [-0.3, -0.25) is 4.68 Å². The van der Waals surface area contributed by atoms with Gasteiger partial charge in [0.05, 0.1) is 18.3 Å². The quantitative estimate of drug-likeness (QED) is 0.791. The minimum atomic E-state index is 0.331. The van der Waals surface area contributed by atoms with Crippen LogP contribution in [0.4, 0.5) is 0 Å². The molecule has 1 aromatic rings. The van der Waals surface area contributed by atoms with Crippen LogP contribution in [0.1, 0.15) is 23.9 Å². The Morgan fingerprint density at radius 2 is 2.33 bits per heavy atom. The number of likely N-dealkylation sites (N-methyl/N-ethyl adjacent to an activating group) is 1. The van der Waals surface area contributed by atoms with Crippen molar-refractivity contribution in [2.75, 3.05) is 20.3 Å². The zero-order valence-corrected chi connectivity index (χ0v) is 9.66. The molecule has 0 bridgehead atoms. The third-order valence-corrected chi connectivity index (χ3v) is 3.06. The summed E-state index contributed by atoms with van der Waals surface area (Å²) in [6, 6.07) is 2.91. The van der Waals surface area contributed by atoms with Crippen molar-refractivity contribution in [3.8, 4) is 0 Å². The standard InChI is InChI=1S/C11H19N3O/c1-8-6-9(2)14(13-8)11-7-15-5-4-10(11)12-3/h6,10-12H,4-5,7H2,1-3H3. The Morgan fingerprint density at radius 3 is 2.93 bits per heavy atom. The predicted octanol–water partition coefficient (Wildman–Crippen LogP) is 1.05. The van der Waals surface area contributed by atoms with Crippen LogP contribution in [0, 0.1) is 13.8 Å². The molecular weight excluding hydrogens is 190 g/mol. The van der Waals surface area contributed by atoms with E-state index in [0.29, 0.717) is 12.1 Å². The summed E-state index contributed by atoms with van der Waals surface area (Å²) in [5.41, 5.74) is 2.29. The van der Waals surface area contributed by atoms with Crippen LogP contribution < -0.4 is 5.32 Å². The molecule has 2 atom stereocenters. The minimum absolute atomic E-state index is 0.331. The summed E-state index contributed by atoms with van der Waals surface area (Å²) in [7, 11) is 2.01. The van der Waals surface area contributed by atoms with Crippen LogP contribution in [0.25, 0.3) is 0 Å². The second kappa shape index (κ2) is 4.33. The Bertz CT molecular complexity index is 335. The molecule has 1 fully saturated rings. The van der Waals surface area contributed by atoms with Gasteiger partial charge in [0.25, 0.3) is 0 Å². The number of hydrogen-bond acceptors (Lipinski definition) is 3. The van der Waals surface area contributed by atoms with E-state index < -0.39 is 0 Å². The average molecular weight is 209 g/mol. The van der Waals surface area contributed by atoms with Crippen molar-refractivity contribution in [2.24, 2.45) is 0 Å². The lowest BCUT2D eigenvalue weighted by Gasteiger charge is -2.32. The van der Waals surface area contributed by atoms with Crippen molar-refractivity contribution in [1.29, 1.82) is 0 Å². The molecule has 0 radical (unpaired) electrons. The highest BCUT2D eigenvalue weighted by Gasteiger charge is 2.27. The fourth-order valence-corrected chi connectivity index (χ4v) is 2.28. The molecule has 0 amide bonds. The molecule has 0 aromatic carbocycles. The fraction of sp³-hybridized carbons (Fsp3) is 0.727. The first-order valence-electron chi connectivity index (χ1n) is 5.50. The van der Waals surface area contributed by atoms with Crippen molar-refractivity contribution >= 4 is 0 Å². The first-order valence-corrected chi connectivity index (χ1v) is 5.50. The summed E-state index contributed by atoms with van der Waals surface area (Å²) >= 11 is 0. The van der Waals surface area contributed by atoms with E-state index >= 15 is 0 Å². The van der Waals surface area contributed by atoms with Crippen molar-refractivity contribution in [1.82, 2.24) is 15.1 Å². The molecule has 0 aliphatic carbocycles. The zero-order chi connectivity index (χ0) is 10.8. The summed E-state index contributed by atoms with van der Waals surface area (Å²) in [5, 5.41) is 7.88. The molecule has 1 aromatic heterocycles. The molecule has 1 saturated heterocycles. The molecule has 1 aliphatic heterocycles. The lowest BCUT2D eigenvalue weighted by atomic mass is 10.0. The Morgan fingerprint density at radius 1 is 1.53 bits per heavy atom. The molecule has 2 rings (SSSR count). The Hall–Kier alpha value is -0.870. The zero-order valence-electron chi connectivity index (χ0n) is 9.66. The number of nitrogens with one attached hydrogen (secondary N) is 1. The maximum Gasteiger partial charge on any atom is 0.0908 e. The largest absolute Gasteiger partial charge is 0.379 e. The average Bonchev–Trinajstić information content (AvgIpc) is 2.57. The van der Waals surface area contributed by atoms with Crippen molar-refractivity contribution < 1.29 is 4.74 Å². The van der Waals surface area contributed by atoms with Gasteiger partial charge in [-0.05, 0) is 33.4 Å². The first kappa shape index (κ1) is 10.6. The fourth-order valence-electron chi connectivity index (χ4n) is 2.28. The SMILES string of the molecule is CNC1CCOCC1n1nc(C)cc1C. The number of ether oxygens (including phenoxy) is 1. The van der Waals surface area contributed by atoms with E-state index in [9.17, 15) is 0 Å². The van der Waals surface area contributed by atoms with E-state index in [1.165, 1.54) is 5.69 Å². The molecular formula is C11H19N3O. The molecule has 0 spiro atoms. The van der Waals surface area contributed by atoms with E-state index in [1.54, 1.807) is 0 Å². The van der Waals surface area contributed by atoms with Crippen LogP contribution >= 0.6 is 0 Å². The maximum absolute atomic E-state index is 5.53. The van der Waals surface area contributed by atoms with Gasteiger partial charge in [-0.25, -0.2) is 0 Å². The van der Waals surface area contributed by atoms with E-state index in [2.05, 4.69) is 28.1 Å². The number of rotatable bonds is 2. The third kappa shape index (κ3) is 2.06. The number of hydrogen-bond donors (Lipinski definition) is 1. The molecule has 0 saturated carbocycles. The summed E-state index contributed by atoms with van der Waals surface area (Å²) in [6.45, 7) is 5.73. The molecule has 2 unspecified atom stereocenters. The second-order valence-electron chi connectivity index (χ2n) is 4.20. The summed E-state index contributed by atoms with van der Waals surface area (Å²) < 4.78 is 7.62. The summed E-state index contributed by atoms with van der Waals surface area (Å²) in [5.74, 6) is 0. The van der Waals surface area contributed by atoms with E-state index in [-0.39, 0.29) is 0 Å². The molecule has 2 heterocycles. The van der Waals surface area contributed by atoms with Crippen LogP contribution in [0.2, 0.25) is 0 Å². The van der Waals surface area contributed by atoms with Crippen molar-refractivity contribution in [3.63, 3.8) is 0 Å². The van der Waals surface area contributed by atoms with Gasteiger partial charge in [0.15, 0.2) is 0 Å². The van der Waals surface area contributed by atoms with Gasteiger partial charge >= 0.3 is 0 Å².